The van der Waals surface area contributed by atoms with Crippen LogP contribution < -0.4 is 17.0 Å². The molecule has 0 atom stereocenters. The fourth-order valence-corrected chi connectivity index (χ4v) is 1.58. The van der Waals surface area contributed by atoms with Gasteiger partial charge >= 0.3 is 5.69 Å². The van der Waals surface area contributed by atoms with Crippen LogP contribution in [-0.2, 0) is 6.54 Å². The van der Waals surface area contributed by atoms with E-state index in [4.69, 9.17) is 18.0 Å². The Hall–Kier alpha value is -2.28. The van der Waals surface area contributed by atoms with Crippen LogP contribution in [0.25, 0.3) is 0 Å². The standard InChI is InChI=1S/C11H10N4O2S/c12-10(18)8-5-7(1-3-13-8)6-15-4-2-9(16)14-11(15)17/h1-5H,6H2,(H2,12,18)(H,14,16,17). The molecule has 0 bridgehead atoms. The van der Waals surface area contributed by atoms with E-state index in [0.717, 1.165) is 5.56 Å². The molecule has 2 heterocycles. The van der Waals surface area contributed by atoms with Crippen LogP contribution in [0.2, 0.25) is 0 Å². The van der Waals surface area contributed by atoms with Crippen LogP contribution >= 0.6 is 12.2 Å². The first-order valence-corrected chi connectivity index (χ1v) is 5.51. The van der Waals surface area contributed by atoms with Crippen LogP contribution in [0.5, 0.6) is 0 Å². The second kappa shape index (κ2) is 4.92. The second-order valence-corrected chi connectivity index (χ2v) is 4.09. The Bertz CT molecular complexity index is 704. The summed E-state index contributed by atoms with van der Waals surface area (Å²) in [5, 5.41) is 0. The van der Waals surface area contributed by atoms with Gasteiger partial charge in [-0.15, -0.1) is 0 Å². The van der Waals surface area contributed by atoms with Gasteiger partial charge in [0.1, 0.15) is 4.99 Å². The van der Waals surface area contributed by atoms with Crippen molar-refractivity contribution in [1.82, 2.24) is 14.5 Å². The molecule has 0 saturated heterocycles. The molecule has 2 aromatic heterocycles. The fraction of sp³-hybridized carbons (Fsp3) is 0.0909. The second-order valence-electron chi connectivity index (χ2n) is 3.65. The van der Waals surface area contributed by atoms with E-state index in [1.807, 2.05) is 0 Å². The summed E-state index contributed by atoms with van der Waals surface area (Å²) in [6.07, 6.45) is 3.00. The van der Waals surface area contributed by atoms with Gasteiger partial charge in [-0.25, -0.2) is 4.79 Å². The molecule has 7 heteroatoms. The molecule has 0 spiro atoms. The highest BCUT2D eigenvalue weighted by Gasteiger charge is 2.02. The van der Waals surface area contributed by atoms with E-state index in [1.54, 1.807) is 18.3 Å². The molecule has 2 rings (SSSR count). The first-order valence-electron chi connectivity index (χ1n) is 5.11. The quantitative estimate of drug-likeness (QED) is 0.735. The first kappa shape index (κ1) is 12.2. The number of nitrogens with zero attached hydrogens (tertiary/aromatic N) is 2. The Morgan fingerprint density at radius 3 is 2.89 bits per heavy atom. The van der Waals surface area contributed by atoms with Crippen molar-refractivity contribution in [3.8, 4) is 0 Å². The van der Waals surface area contributed by atoms with E-state index >= 15 is 0 Å². The van der Waals surface area contributed by atoms with E-state index in [-0.39, 0.29) is 4.99 Å². The largest absolute Gasteiger partial charge is 0.388 e. The van der Waals surface area contributed by atoms with E-state index < -0.39 is 11.2 Å². The molecule has 0 aliphatic heterocycles. The van der Waals surface area contributed by atoms with Gasteiger partial charge < -0.3 is 5.73 Å². The molecule has 0 aromatic carbocycles. The minimum Gasteiger partial charge on any atom is -0.388 e. The third-order valence-corrected chi connectivity index (χ3v) is 2.54. The maximum absolute atomic E-state index is 11.5. The van der Waals surface area contributed by atoms with Crippen LogP contribution in [0, 0.1) is 0 Å². The van der Waals surface area contributed by atoms with Crippen LogP contribution in [-0.4, -0.2) is 19.5 Å². The monoisotopic (exact) mass is 262 g/mol. The fourth-order valence-electron chi connectivity index (χ4n) is 1.47. The van der Waals surface area contributed by atoms with Gasteiger partial charge in [0, 0.05) is 18.5 Å². The number of nitrogens with two attached hydrogens (primary N) is 1. The molecule has 92 valence electrons. The van der Waals surface area contributed by atoms with Gasteiger partial charge in [0.25, 0.3) is 5.56 Å². The Morgan fingerprint density at radius 2 is 2.22 bits per heavy atom. The molecule has 0 aliphatic rings. The molecule has 0 amide bonds. The lowest BCUT2D eigenvalue weighted by atomic mass is 10.2. The van der Waals surface area contributed by atoms with Crippen molar-refractivity contribution in [2.75, 3.05) is 0 Å². The third-order valence-electron chi connectivity index (χ3n) is 2.33. The average molecular weight is 262 g/mol. The maximum atomic E-state index is 11.5. The molecular formula is C11H10N4O2S. The van der Waals surface area contributed by atoms with Crippen molar-refractivity contribution < 1.29 is 0 Å². The van der Waals surface area contributed by atoms with Gasteiger partial charge in [-0.2, -0.15) is 0 Å². The molecule has 6 nitrogen and oxygen atoms in total. The summed E-state index contributed by atoms with van der Waals surface area (Å²) in [6.45, 7) is 0.313. The highest BCUT2D eigenvalue weighted by atomic mass is 32.1. The Balaban J connectivity index is 2.34. The highest BCUT2D eigenvalue weighted by molar-refractivity contribution is 7.80. The van der Waals surface area contributed by atoms with E-state index in [0.29, 0.717) is 12.2 Å². The minimum atomic E-state index is -0.462. The Labute approximate surface area is 107 Å². The van der Waals surface area contributed by atoms with Gasteiger partial charge in [0.05, 0.1) is 12.2 Å². The molecular weight excluding hydrogens is 252 g/mol. The topological polar surface area (TPSA) is 93.8 Å². The first-order chi connectivity index (χ1) is 8.56. The summed E-state index contributed by atoms with van der Waals surface area (Å²) < 4.78 is 1.38. The van der Waals surface area contributed by atoms with Gasteiger partial charge in [0.2, 0.25) is 0 Å². The zero-order chi connectivity index (χ0) is 13.1. The van der Waals surface area contributed by atoms with Crippen LogP contribution in [0.4, 0.5) is 0 Å². The number of hydrogen-bond acceptors (Lipinski definition) is 4. The van der Waals surface area contributed by atoms with Gasteiger partial charge in [-0.05, 0) is 17.7 Å². The van der Waals surface area contributed by atoms with E-state index in [1.165, 1.54) is 16.8 Å². The van der Waals surface area contributed by atoms with Crippen molar-refractivity contribution in [2.45, 2.75) is 6.54 Å². The summed E-state index contributed by atoms with van der Waals surface area (Å²) in [5.41, 5.74) is 5.92. The molecule has 0 aliphatic carbocycles. The third kappa shape index (κ3) is 2.69. The van der Waals surface area contributed by atoms with Crippen molar-refractivity contribution in [1.29, 1.82) is 0 Å². The number of aromatic nitrogens is 3. The molecule has 0 radical (unpaired) electrons. The molecule has 2 aromatic rings. The number of thiocarbonyl (C=S) groups is 1. The number of H-pyrrole nitrogens is 1. The predicted octanol–water partition coefficient (Wildman–Crippen LogP) is -0.386. The zero-order valence-corrected chi connectivity index (χ0v) is 10.1. The summed E-state index contributed by atoms with van der Waals surface area (Å²) in [6, 6.07) is 4.75. The predicted molar refractivity (Wildman–Crippen MR) is 70.5 cm³/mol. The Kier molecular flexibility index (Phi) is 3.33. The molecule has 3 N–H and O–H groups in total. The molecule has 0 saturated carbocycles. The minimum absolute atomic E-state index is 0.200. The summed E-state index contributed by atoms with van der Waals surface area (Å²) in [4.78, 5) is 28.8. The van der Waals surface area contributed by atoms with Crippen LogP contribution in [0.15, 0.2) is 40.2 Å². The van der Waals surface area contributed by atoms with Crippen molar-refractivity contribution in [3.63, 3.8) is 0 Å². The van der Waals surface area contributed by atoms with Crippen LogP contribution in [0.3, 0.4) is 0 Å². The molecule has 0 unspecified atom stereocenters. The smallest absolute Gasteiger partial charge is 0.328 e. The number of rotatable bonds is 3. The van der Waals surface area contributed by atoms with Crippen molar-refractivity contribution >= 4 is 17.2 Å². The lowest BCUT2D eigenvalue weighted by Gasteiger charge is -2.05. The summed E-state index contributed by atoms with van der Waals surface area (Å²) in [7, 11) is 0. The normalized spacial score (nSPS) is 10.2. The lowest BCUT2D eigenvalue weighted by molar-refractivity contribution is 0.719. The SMILES string of the molecule is NC(=S)c1cc(Cn2ccc(=O)[nH]c2=O)ccn1. The highest BCUT2D eigenvalue weighted by Crippen LogP contribution is 2.03. The Morgan fingerprint density at radius 1 is 1.44 bits per heavy atom. The maximum Gasteiger partial charge on any atom is 0.328 e. The average Bonchev–Trinajstić information content (AvgIpc) is 2.33. The summed E-state index contributed by atoms with van der Waals surface area (Å²) >= 11 is 4.83. The molecule has 18 heavy (non-hydrogen) atoms. The van der Waals surface area contributed by atoms with Crippen molar-refractivity contribution in [2.24, 2.45) is 5.73 Å². The van der Waals surface area contributed by atoms with E-state index in [2.05, 4.69) is 9.97 Å². The van der Waals surface area contributed by atoms with Crippen molar-refractivity contribution in [3.05, 3.63) is 62.7 Å². The number of aromatic amines is 1. The lowest BCUT2D eigenvalue weighted by Crippen LogP contribution is -2.29. The number of pyridine rings is 1. The zero-order valence-electron chi connectivity index (χ0n) is 9.29. The summed E-state index contributed by atoms with van der Waals surface area (Å²) in [5.74, 6) is 0. The number of nitrogens with one attached hydrogen (secondary N) is 1. The van der Waals surface area contributed by atoms with Gasteiger partial charge in [-0.1, -0.05) is 12.2 Å². The van der Waals surface area contributed by atoms with E-state index in [9.17, 15) is 9.59 Å². The van der Waals surface area contributed by atoms with Gasteiger partial charge in [-0.3, -0.25) is 19.3 Å². The number of hydrogen-bond donors (Lipinski definition) is 2. The van der Waals surface area contributed by atoms with Gasteiger partial charge in [0.15, 0.2) is 0 Å². The molecule has 0 fully saturated rings. The van der Waals surface area contributed by atoms with Crippen LogP contribution in [0.1, 0.15) is 11.3 Å².